The Morgan fingerprint density at radius 1 is 0.636 bits per heavy atom. The Kier molecular flexibility index (Phi) is 11.2. The van der Waals surface area contributed by atoms with Gasteiger partial charge in [-0.05, 0) is 39.5 Å². The standard InChI is InChI=1S/C34H36N8O2/c35-32(36)39-21-26-12-8-14-28(18-26)23-41-34(44)42-33(37)40-22-27-13-7-11-25(17-27)20-38-31(43)30(29-15-5-2-6-16-29)19-24-9-3-1-4-10-24/h1-19H,20-23H2,(H,38,43)(H4,35,36,39)(H4,37,40,41,42,44)/b30-19+. The van der Waals surface area contributed by atoms with Crippen LogP contribution in [0.15, 0.2) is 119 Å². The van der Waals surface area contributed by atoms with E-state index in [0.717, 1.165) is 33.4 Å². The Hall–Kier alpha value is -5.90. The first-order valence-corrected chi connectivity index (χ1v) is 14.0. The van der Waals surface area contributed by atoms with Crippen molar-refractivity contribution >= 4 is 35.5 Å². The van der Waals surface area contributed by atoms with Crippen LogP contribution in [0.1, 0.15) is 33.4 Å². The number of guanidine groups is 2. The molecule has 0 aromatic heterocycles. The predicted octanol–water partition coefficient (Wildman–Crippen LogP) is 3.63. The van der Waals surface area contributed by atoms with E-state index in [1.807, 2.05) is 115 Å². The second-order valence-corrected chi connectivity index (χ2v) is 9.91. The molecule has 0 spiro atoms. The van der Waals surface area contributed by atoms with Crippen LogP contribution in [-0.4, -0.2) is 23.9 Å². The third kappa shape index (κ3) is 10.2. The maximum Gasteiger partial charge on any atom is 0.321 e. The lowest BCUT2D eigenvalue weighted by molar-refractivity contribution is -0.115. The van der Waals surface area contributed by atoms with Crippen molar-refractivity contribution in [1.82, 2.24) is 16.0 Å². The zero-order valence-electron chi connectivity index (χ0n) is 24.2. The number of nitrogens with one attached hydrogen (secondary N) is 3. The quantitative estimate of drug-likeness (QED) is 0.0678. The topological polar surface area (TPSA) is 173 Å². The van der Waals surface area contributed by atoms with Crippen LogP contribution in [0.4, 0.5) is 4.79 Å². The van der Waals surface area contributed by atoms with E-state index in [1.54, 1.807) is 0 Å². The van der Waals surface area contributed by atoms with Crippen molar-refractivity contribution in [2.45, 2.75) is 26.2 Å². The largest absolute Gasteiger partial charge is 0.370 e. The summed E-state index contributed by atoms with van der Waals surface area (Å²) in [4.78, 5) is 33.9. The molecule has 0 heterocycles. The predicted molar refractivity (Wildman–Crippen MR) is 176 cm³/mol. The number of carbonyl (C=O) groups is 2. The number of nitrogens with two attached hydrogens (primary N) is 3. The lowest BCUT2D eigenvalue weighted by atomic mass is 10.0. The zero-order chi connectivity index (χ0) is 31.1. The summed E-state index contributed by atoms with van der Waals surface area (Å²) in [5.41, 5.74) is 22.7. The average Bonchev–Trinajstić information content (AvgIpc) is 3.04. The van der Waals surface area contributed by atoms with Crippen LogP contribution in [0.2, 0.25) is 0 Å². The van der Waals surface area contributed by atoms with Crippen LogP contribution >= 0.6 is 0 Å². The average molecular weight is 589 g/mol. The van der Waals surface area contributed by atoms with Gasteiger partial charge in [-0.2, -0.15) is 0 Å². The molecule has 44 heavy (non-hydrogen) atoms. The number of benzene rings is 4. The minimum atomic E-state index is -0.477. The Balaban J connectivity index is 1.30. The van der Waals surface area contributed by atoms with E-state index in [-0.39, 0.29) is 30.9 Å². The van der Waals surface area contributed by atoms with E-state index in [9.17, 15) is 9.59 Å². The van der Waals surface area contributed by atoms with Gasteiger partial charge in [0.2, 0.25) is 0 Å². The zero-order valence-corrected chi connectivity index (χ0v) is 24.2. The summed E-state index contributed by atoms with van der Waals surface area (Å²) in [6.45, 7) is 1.23. The summed E-state index contributed by atoms with van der Waals surface area (Å²) in [6, 6.07) is 34.0. The number of hydrogen-bond acceptors (Lipinski definition) is 4. The molecular weight excluding hydrogens is 552 g/mol. The minimum absolute atomic E-state index is 0.0127. The molecule has 9 N–H and O–H groups in total. The molecule has 4 aromatic carbocycles. The molecule has 4 aromatic rings. The van der Waals surface area contributed by atoms with Crippen LogP contribution in [0.25, 0.3) is 11.6 Å². The molecule has 10 heteroatoms. The molecule has 224 valence electrons. The first-order valence-electron chi connectivity index (χ1n) is 14.0. The summed E-state index contributed by atoms with van der Waals surface area (Å²) < 4.78 is 0. The molecular formula is C34H36N8O2. The van der Waals surface area contributed by atoms with Gasteiger partial charge in [-0.1, -0.05) is 109 Å². The van der Waals surface area contributed by atoms with Gasteiger partial charge in [0.05, 0.1) is 13.1 Å². The summed E-state index contributed by atoms with van der Waals surface area (Å²) in [5, 5.41) is 8.32. The minimum Gasteiger partial charge on any atom is -0.370 e. The van der Waals surface area contributed by atoms with Gasteiger partial charge in [-0.15, -0.1) is 0 Å². The number of carbonyl (C=O) groups excluding carboxylic acids is 2. The summed E-state index contributed by atoms with van der Waals surface area (Å²) in [5.74, 6) is -0.171. The molecule has 0 unspecified atom stereocenters. The fraction of sp³-hybridized carbons (Fsp3) is 0.118. The van der Waals surface area contributed by atoms with Gasteiger partial charge < -0.3 is 27.8 Å². The van der Waals surface area contributed by atoms with Crippen molar-refractivity contribution in [2.75, 3.05) is 0 Å². The van der Waals surface area contributed by atoms with Gasteiger partial charge in [0.15, 0.2) is 11.9 Å². The summed E-state index contributed by atoms with van der Waals surface area (Å²) in [6.07, 6.45) is 1.88. The Morgan fingerprint density at radius 2 is 1.18 bits per heavy atom. The fourth-order valence-corrected chi connectivity index (χ4v) is 4.31. The van der Waals surface area contributed by atoms with E-state index in [4.69, 9.17) is 17.2 Å². The number of hydrogen-bond donors (Lipinski definition) is 6. The fourth-order valence-electron chi connectivity index (χ4n) is 4.31. The molecule has 4 rings (SSSR count). The molecule has 0 fully saturated rings. The Morgan fingerprint density at radius 3 is 1.80 bits per heavy atom. The van der Waals surface area contributed by atoms with Gasteiger partial charge in [0.25, 0.3) is 5.91 Å². The smallest absolute Gasteiger partial charge is 0.321 e. The summed E-state index contributed by atoms with van der Waals surface area (Å²) in [7, 11) is 0. The Labute approximate surface area is 256 Å². The van der Waals surface area contributed by atoms with E-state index >= 15 is 0 Å². The normalized spacial score (nSPS) is 11.4. The first-order chi connectivity index (χ1) is 21.4. The highest BCUT2D eigenvalue weighted by Crippen LogP contribution is 2.19. The van der Waals surface area contributed by atoms with Crippen molar-refractivity contribution in [3.05, 3.63) is 143 Å². The van der Waals surface area contributed by atoms with E-state index < -0.39 is 6.03 Å². The van der Waals surface area contributed by atoms with Crippen LogP contribution < -0.4 is 33.2 Å². The molecule has 0 aliphatic rings. The molecule has 0 aliphatic heterocycles. The summed E-state index contributed by atoms with van der Waals surface area (Å²) >= 11 is 0. The maximum atomic E-state index is 13.3. The lowest BCUT2D eigenvalue weighted by Crippen LogP contribution is -2.43. The highest BCUT2D eigenvalue weighted by atomic mass is 16.2. The lowest BCUT2D eigenvalue weighted by Gasteiger charge is -2.11. The second kappa shape index (κ2) is 15.9. The number of rotatable bonds is 11. The molecule has 10 nitrogen and oxygen atoms in total. The number of amides is 3. The van der Waals surface area contributed by atoms with Gasteiger partial charge in [0, 0.05) is 18.7 Å². The third-order valence-electron chi connectivity index (χ3n) is 6.45. The van der Waals surface area contributed by atoms with Crippen LogP contribution in [0.5, 0.6) is 0 Å². The second-order valence-electron chi connectivity index (χ2n) is 9.91. The van der Waals surface area contributed by atoms with Gasteiger partial charge in [-0.25, -0.2) is 14.8 Å². The van der Waals surface area contributed by atoms with Crippen molar-refractivity contribution < 1.29 is 9.59 Å². The SMILES string of the molecule is NC(N)=NCc1cccc(CNC(=O)NC(N)=NCc2cccc(CNC(=O)/C(=C/c3ccccc3)c3ccccc3)c2)c1. The Bertz CT molecular complexity index is 1650. The number of nitrogens with zero attached hydrogens (tertiary/aromatic N) is 2. The van der Waals surface area contributed by atoms with Crippen molar-refractivity contribution in [3.8, 4) is 0 Å². The monoisotopic (exact) mass is 588 g/mol. The van der Waals surface area contributed by atoms with Crippen molar-refractivity contribution in [2.24, 2.45) is 27.2 Å². The molecule has 3 amide bonds. The van der Waals surface area contributed by atoms with Crippen molar-refractivity contribution in [3.63, 3.8) is 0 Å². The highest BCUT2D eigenvalue weighted by molar-refractivity contribution is 6.24. The van der Waals surface area contributed by atoms with E-state index in [0.29, 0.717) is 18.7 Å². The van der Waals surface area contributed by atoms with E-state index in [2.05, 4.69) is 25.9 Å². The van der Waals surface area contributed by atoms with Crippen LogP contribution in [0, 0.1) is 0 Å². The van der Waals surface area contributed by atoms with Gasteiger partial charge >= 0.3 is 6.03 Å². The molecule has 0 saturated heterocycles. The highest BCUT2D eigenvalue weighted by Gasteiger charge is 2.12. The van der Waals surface area contributed by atoms with Crippen LogP contribution in [-0.2, 0) is 31.0 Å². The molecule has 0 radical (unpaired) electrons. The molecule has 0 atom stereocenters. The van der Waals surface area contributed by atoms with Gasteiger partial charge in [0.1, 0.15) is 0 Å². The molecule has 0 saturated carbocycles. The maximum absolute atomic E-state index is 13.3. The van der Waals surface area contributed by atoms with Gasteiger partial charge in [-0.3, -0.25) is 10.1 Å². The van der Waals surface area contributed by atoms with Crippen molar-refractivity contribution in [1.29, 1.82) is 0 Å². The van der Waals surface area contributed by atoms with Crippen LogP contribution in [0.3, 0.4) is 0 Å². The first kappa shape index (κ1) is 31.0. The molecule has 0 aliphatic carbocycles. The number of urea groups is 1. The molecule has 0 bridgehead atoms. The van der Waals surface area contributed by atoms with E-state index in [1.165, 1.54) is 0 Å². The third-order valence-corrected chi connectivity index (χ3v) is 6.45. The number of aliphatic imine (C=N–C) groups is 2.